The number of carbonyl (C=O) groups is 1. The van der Waals surface area contributed by atoms with Gasteiger partial charge < -0.3 is 10.1 Å². The molecule has 0 saturated carbocycles. The lowest BCUT2D eigenvalue weighted by molar-refractivity contribution is -0.124. The zero-order valence-corrected chi connectivity index (χ0v) is 10.3. The van der Waals surface area contributed by atoms with E-state index in [1.165, 1.54) is 0 Å². The zero-order chi connectivity index (χ0) is 12.0. The van der Waals surface area contributed by atoms with Crippen LogP contribution in [0, 0.1) is 5.92 Å². The van der Waals surface area contributed by atoms with Crippen LogP contribution in [0.3, 0.4) is 0 Å². The number of carbonyl (C=O) groups excluding carboxylic acids is 1. The molecule has 1 rings (SSSR count). The van der Waals surface area contributed by atoms with E-state index in [1.54, 1.807) is 12.1 Å². The van der Waals surface area contributed by atoms with Gasteiger partial charge in [-0.15, -0.1) is 0 Å². The second kappa shape index (κ2) is 6.38. The highest BCUT2D eigenvalue weighted by molar-refractivity contribution is 6.30. The maximum atomic E-state index is 11.2. The molecule has 0 aliphatic rings. The first-order valence-corrected chi connectivity index (χ1v) is 5.63. The summed E-state index contributed by atoms with van der Waals surface area (Å²) in [6.07, 6.45) is 0. The van der Waals surface area contributed by atoms with E-state index in [0.717, 1.165) is 0 Å². The van der Waals surface area contributed by atoms with Gasteiger partial charge in [0.2, 0.25) is 5.91 Å². The van der Waals surface area contributed by atoms with Crippen LogP contribution in [0.4, 0.5) is 0 Å². The number of amides is 1. The van der Waals surface area contributed by atoms with Crippen LogP contribution in [-0.2, 0) is 4.79 Å². The van der Waals surface area contributed by atoms with Gasteiger partial charge >= 0.3 is 0 Å². The van der Waals surface area contributed by atoms with Gasteiger partial charge in [0.15, 0.2) is 0 Å². The van der Waals surface area contributed by atoms with Gasteiger partial charge in [-0.05, 0) is 18.2 Å². The van der Waals surface area contributed by atoms with Crippen molar-refractivity contribution in [3.63, 3.8) is 0 Å². The number of nitrogens with one attached hydrogen (secondary N) is 1. The van der Waals surface area contributed by atoms with Crippen LogP contribution in [-0.4, -0.2) is 19.1 Å². The minimum Gasteiger partial charge on any atom is -0.492 e. The van der Waals surface area contributed by atoms with Crippen molar-refractivity contribution in [3.05, 3.63) is 29.3 Å². The summed E-state index contributed by atoms with van der Waals surface area (Å²) in [5, 5.41) is 3.41. The number of rotatable bonds is 5. The fraction of sp³-hybridized carbons (Fsp3) is 0.417. The molecule has 0 bridgehead atoms. The molecular weight excluding hydrogens is 226 g/mol. The van der Waals surface area contributed by atoms with E-state index < -0.39 is 0 Å². The van der Waals surface area contributed by atoms with Crippen molar-refractivity contribution in [3.8, 4) is 5.75 Å². The van der Waals surface area contributed by atoms with Gasteiger partial charge in [-0.3, -0.25) is 4.79 Å². The summed E-state index contributed by atoms with van der Waals surface area (Å²) in [4.78, 5) is 11.2. The monoisotopic (exact) mass is 241 g/mol. The van der Waals surface area contributed by atoms with Crippen molar-refractivity contribution in [2.45, 2.75) is 13.8 Å². The lowest BCUT2D eigenvalue weighted by Gasteiger charge is -2.09. The Hall–Kier alpha value is -1.22. The first kappa shape index (κ1) is 12.8. The molecule has 1 amide bonds. The van der Waals surface area contributed by atoms with E-state index in [0.29, 0.717) is 23.9 Å². The van der Waals surface area contributed by atoms with Crippen molar-refractivity contribution >= 4 is 17.5 Å². The number of benzene rings is 1. The molecule has 0 aliphatic carbocycles. The third-order valence-corrected chi connectivity index (χ3v) is 2.23. The molecule has 0 aliphatic heterocycles. The minimum atomic E-state index is 0.00571. The van der Waals surface area contributed by atoms with Crippen molar-refractivity contribution in [1.29, 1.82) is 0 Å². The molecule has 0 unspecified atom stereocenters. The van der Waals surface area contributed by atoms with Crippen molar-refractivity contribution in [2.75, 3.05) is 13.2 Å². The van der Waals surface area contributed by atoms with E-state index >= 15 is 0 Å². The molecule has 1 N–H and O–H groups in total. The van der Waals surface area contributed by atoms with Gasteiger partial charge in [0, 0.05) is 10.9 Å². The molecule has 16 heavy (non-hydrogen) atoms. The van der Waals surface area contributed by atoms with Gasteiger partial charge in [0.05, 0.1) is 6.54 Å². The Morgan fingerprint density at radius 2 is 2.25 bits per heavy atom. The lowest BCUT2D eigenvalue weighted by Crippen LogP contribution is -2.31. The van der Waals surface area contributed by atoms with Crippen LogP contribution < -0.4 is 10.1 Å². The molecule has 0 spiro atoms. The molecule has 0 atom stereocenters. The number of ether oxygens (including phenoxy) is 1. The summed E-state index contributed by atoms with van der Waals surface area (Å²) in [6.45, 7) is 4.66. The van der Waals surface area contributed by atoms with E-state index in [9.17, 15) is 4.79 Å². The highest BCUT2D eigenvalue weighted by Gasteiger charge is 2.04. The largest absolute Gasteiger partial charge is 0.492 e. The van der Waals surface area contributed by atoms with Crippen molar-refractivity contribution < 1.29 is 9.53 Å². The number of hydrogen-bond acceptors (Lipinski definition) is 2. The Balaban J connectivity index is 2.23. The molecule has 1 aromatic rings. The topological polar surface area (TPSA) is 38.3 Å². The van der Waals surface area contributed by atoms with E-state index in [1.807, 2.05) is 26.0 Å². The van der Waals surface area contributed by atoms with Crippen LogP contribution in [0.5, 0.6) is 5.75 Å². The summed E-state index contributed by atoms with van der Waals surface area (Å²) in [6, 6.07) is 7.18. The average Bonchev–Trinajstić information content (AvgIpc) is 2.24. The van der Waals surface area contributed by atoms with E-state index in [-0.39, 0.29) is 11.8 Å². The van der Waals surface area contributed by atoms with Gasteiger partial charge in [0.25, 0.3) is 0 Å². The van der Waals surface area contributed by atoms with Crippen molar-refractivity contribution in [1.82, 2.24) is 5.32 Å². The molecule has 0 fully saturated rings. The highest BCUT2D eigenvalue weighted by Crippen LogP contribution is 2.16. The molecule has 0 radical (unpaired) electrons. The average molecular weight is 242 g/mol. The lowest BCUT2D eigenvalue weighted by atomic mass is 10.2. The van der Waals surface area contributed by atoms with Gasteiger partial charge in [0.1, 0.15) is 12.4 Å². The molecule has 0 saturated heterocycles. The third kappa shape index (κ3) is 4.53. The SMILES string of the molecule is CC(C)C(=O)NCCOc1cccc(Cl)c1. The van der Waals surface area contributed by atoms with Gasteiger partial charge in [-0.1, -0.05) is 31.5 Å². The smallest absolute Gasteiger partial charge is 0.222 e. The van der Waals surface area contributed by atoms with Crippen LogP contribution in [0.2, 0.25) is 5.02 Å². The quantitative estimate of drug-likeness (QED) is 0.805. The van der Waals surface area contributed by atoms with Crippen LogP contribution in [0.15, 0.2) is 24.3 Å². The fourth-order valence-corrected chi connectivity index (χ4v) is 1.28. The molecular formula is C12H16ClNO2. The second-order valence-electron chi connectivity index (χ2n) is 3.75. The first-order valence-electron chi connectivity index (χ1n) is 5.25. The zero-order valence-electron chi connectivity index (χ0n) is 9.50. The Morgan fingerprint density at radius 1 is 1.50 bits per heavy atom. The summed E-state index contributed by atoms with van der Waals surface area (Å²) in [7, 11) is 0. The Bertz CT molecular complexity index is 353. The first-order chi connectivity index (χ1) is 7.59. The predicted molar refractivity (Wildman–Crippen MR) is 64.8 cm³/mol. The van der Waals surface area contributed by atoms with Gasteiger partial charge in [-0.25, -0.2) is 0 Å². The number of hydrogen-bond donors (Lipinski definition) is 1. The summed E-state index contributed by atoms with van der Waals surface area (Å²) in [5.41, 5.74) is 0. The Kier molecular flexibility index (Phi) is 5.12. The molecule has 3 nitrogen and oxygen atoms in total. The maximum Gasteiger partial charge on any atom is 0.222 e. The van der Waals surface area contributed by atoms with Crippen LogP contribution in [0.1, 0.15) is 13.8 Å². The van der Waals surface area contributed by atoms with Crippen LogP contribution >= 0.6 is 11.6 Å². The van der Waals surface area contributed by atoms with E-state index in [4.69, 9.17) is 16.3 Å². The molecule has 0 heterocycles. The Morgan fingerprint density at radius 3 is 2.88 bits per heavy atom. The minimum absolute atomic E-state index is 0.00571. The Labute approximate surface area is 101 Å². The fourth-order valence-electron chi connectivity index (χ4n) is 1.10. The number of halogens is 1. The third-order valence-electron chi connectivity index (χ3n) is 1.99. The molecule has 88 valence electrons. The molecule has 1 aromatic carbocycles. The summed E-state index contributed by atoms with van der Waals surface area (Å²) < 4.78 is 5.42. The van der Waals surface area contributed by atoms with E-state index in [2.05, 4.69) is 5.32 Å². The molecule has 4 heteroatoms. The highest BCUT2D eigenvalue weighted by atomic mass is 35.5. The second-order valence-corrected chi connectivity index (χ2v) is 4.19. The standard InChI is InChI=1S/C12H16ClNO2/c1-9(2)12(15)14-6-7-16-11-5-3-4-10(13)8-11/h3-5,8-9H,6-7H2,1-2H3,(H,14,15). The maximum absolute atomic E-state index is 11.2. The van der Waals surface area contributed by atoms with Gasteiger partial charge in [-0.2, -0.15) is 0 Å². The van der Waals surface area contributed by atoms with Crippen LogP contribution in [0.25, 0.3) is 0 Å². The molecule has 0 aromatic heterocycles. The normalized spacial score (nSPS) is 10.2. The summed E-state index contributed by atoms with van der Waals surface area (Å²) in [5.74, 6) is 0.757. The van der Waals surface area contributed by atoms with Crippen molar-refractivity contribution in [2.24, 2.45) is 5.92 Å². The predicted octanol–water partition coefficient (Wildman–Crippen LogP) is 2.49. The summed E-state index contributed by atoms with van der Waals surface area (Å²) >= 11 is 5.80.